The zero-order valence-corrected chi connectivity index (χ0v) is 8.76. The SMILES string of the molecule is CC(=C=O)C(C)=NC(=O)C(C)(C)C. The zero-order chi connectivity index (χ0) is 10.6. The van der Waals surface area contributed by atoms with Gasteiger partial charge in [0, 0.05) is 5.41 Å². The maximum Gasteiger partial charge on any atom is 0.251 e. The van der Waals surface area contributed by atoms with Crippen LogP contribution in [0.4, 0.5) is 0 Å². The van der Waals surface area contributed by atoms with Gasteiger partial charge in [0.05, 0.1) is 11.3 Å². The van der Waals surface area contributed by atoms with Crippen molar-refractivity contribution < 1.29 is 9.59 Å². The standard InChI is InChI=1S/C10H15NO2/c1-7(6-12)8(2)11-9(13)10(3,4)5/h1-5H3. The molecule has 0 heterocycles. The Morgan fingerprint density at radius 2 is 1.69 bits per heavy atom. The molecule has 0 bridgehead atoms. The Bertz CT molecular complexity index is 289. The van der Waals surface area contributed by atoms with E-state index in [0.717, 1.165) is 0 Å². The highest BCUT2D eigenvalue weighted by atomic mass is 16.1. The topological polar surface area (TPSA) is 46.5 Å². The molecule has 0 radical (unpaired) electrons. The van der Waals surface area contributed by atoms with E-state index >= 15 is 0 Å². The van der Waals surface area contributed by atoms with Crippen LogP contribution in [-0.2, 0) is 9.59 Å². The van der Waals surface area contributed by atoms with Crippen molar-refractivity contribution in [1.29, 1.82) is 0 Å². The fourth-order valence-corrected chi connectivity index (χ4v) is 0.478. The quantitative estimate of drug-likeness (QED) is 0.457. The fraction of sp³-hybridized carbons (Fsp3) is 0.600. The Morgan fingerprint density at radius 3 is 2.00 bits per heavy atom. The van der Waals surface area contributed by atoms with Crippen molar-refractivity contribution in [1.82, 2.24) is 0 Å². The van der Waals surface area contributed by atoms with Crippen molar-refractivity contribution in [3.8, 4) is 0 Å². The van der Waals surface area contributed by atoms with Crippen LogP contribution in [0.2, 0.25) is 0 Å². The highest BCUT2D eigenvalue weighted by Gasteiger charge is 2.20. The summed E-state index contributed by atoms with van der Waals surface area (Å²) in [5.74, 6) is 1.48. The molecule has 0 aliphatic carbocycles. The number of carbonyl (C=O) groups is 1. The molecular weight excluding hydrogens is 166 g/mol. The van der Waals surface area contributed by atoms with E-state index in [0.29, 0.717) is 11.3 Å². The van der Waals surface area contributed by atoms with Gasteiger partial charge >= 0.3 is 0 Å². The van der Waals surface area contributed by atoms with Gasteiger partial charge in [0.15, 0.2) is 0 Å². The van der Waals surface area contributed by atoms with Crippen LogP contribution in [0.15, 0.2) is 10.6 Å². The van der Waals surface area contributed by atoms with Crippen molar-refractivity contribution in [2.24, 2.45) is 10.4 Å². The summed E-state index contributed by atoms with van der Waals surface area (Å²) in [7, 11) is 0. The molecule has 13 heavy (non-hydrogen) atoms. The number of amides is 1. The molecule has 3 nitrogen and oxygen atoms in total. The molecule has 0 aromatic rings. The summed E-state index contributed by atoms with van der Waals surface area (Å²) in [4.78, 5) is 25.4. The van der Waals surface area contributed by atoms with E-state index in [4.69, 9.17) is 0 Å². The van der Waals surface area contributed by atoms with Gasteiger partial charge in [-0.1, -0.05) is 20.8 Å². The first-order valence-corrected chi connectivity index (χ1v) is 4.11. The average Bonchev–Trinajstić information content (AvgIpc) is 2.01. The van der Waals surface area contributed by atoms with Gasteiger partial charge in [-0.2, -0.15) is 0 Å². The van der Waals surface area contributed by atoms with E-state index in [1.807, 2.05) is 0 Å². The van der Waals surface area contributed by atoms with E-state index in [2.05, 4.69) is 4.99 Å². The Morgan fingerprint density at radius 1 is 1.23 bits per heavy atom. The highest BCUT2D eigenvalue weighted by Crippen LogP contribution is 2.15. The second kappa shape index (κ2) is 4.15. The van der Waals surface area contributed by atoms with E-state index in [-0.39, 0.29) is 5.91 Å². The van der Waals surface area contributed by atoms with E-state index < -0.39 is 5.41 Å². The lowest BCUT2D eigenvalue weighted by Gasteiger charge is -2.12. The molecule has 0 unspecified atom stereocenters. The van der Waals surface area contributed by atoms with E-state index in [9.17, 15) is 9.59 Å². The van der Waals surface area contributed by atoms with Crippen molar-refractivity contribution >= 4 is 17.6 Å². The van der Waals surface area contributed by atoms with Gasteiger partial charge < -0.3 is 0 Å². The van der Waals surface area contributed by atoms with Crippen LogP contribution in [0.1, 0.15) is 34.6 Å². The average molecular weight is 181 g/mol. The molecule has 0 saturated carbocycles. The monoisotopic (exact) mass is 181 g/mol. The van der Waals surface area contributed by atoms with Gasteiger partial charge in [-0.25, -0.2) is 9.79 Å². The number of aliphatic imine (C=N–C) groups is 1. The van der Waals surface area contributed by atoms with Crippen LogP contribution >= 0.6 is 0 Å². The van der Waals surface area contributed by atoms with Crippen molar-refractivity contribution in [3.63, 3.8) is 0 Å². The molecule has 0 aliphatic heterocycles. The molecular formula is C10H15NO2. The Balaban J connectivity index is 4.79. The Kier molecular flexibility index (Phi) is 3.76. The van der Waals surface area contributed by atoms with Crippen molar-refractivity contribution in [2.75, 3.05) is 0 Å². The minimum absolute atomic E-state index is 0.223. The minimum Gasteiger partial charge on any atom is -0.272 e. The molecule has 0 saturated heterocycles. The van der Waals surface area contributed by atoms with Crippen LogP contribution in [0, 0.1) is 5.41 Å². The predicted octanol–water partition coefficient (Wildman–Crippen LogP) is 1.80. The van der Waals surface area contributed by atoms with Crippen LogP contribution in [0.5, 0.6) is 0 Å². The van der Waals surface area contributed by atoms with E-state index in [1.54, 1.807) is 40.6 Å². The summed E-state index contributed by atoms with van der Waals surface area (Å²) < 4.78 is 0. The lowest BCUT2D eigenvalue weighted by Crippen LogP contribution is -2.19. The Labute approximate surface area is 78.6 Å². The number of hydrogen-bond donors (Lipinski definition) is 0. The molecule has 0 spiro atoms. The van der Waals surface area contributed by atoms with Gasteiger partial charge in [0.2, 0.25) is 0 Å². The molecule has 0 rings (SSSR count). The van der Waals surface area contributed by atoms with Gasteiger partial charge in [-0.15, -0.1) is 0 Å². The third-order valence-corrected chi connectivity index (χ3v) is 1.61. The first-order chi connectivity index (χ1) is 5.79. The maximum absolute atomic E-state index is 11.4. The van der Waals surface area contributed by atoms with Gasteiger partial charge in [-0.05, 0) is 13.8 Å². The number of rotatable bonds is 1. The molecule has 0 aromatic carbocycles. The van der Waals surface area contributed by atoms with Gasteiger partial charge in [-0.3, -0.25) is 4.79 Å². The Hall–Kier alpha value is -1.21. The maximum atomic E-state index is 11.4. The van der Waals surface area contributed by atoms with Crippen molar-refractivity contribution in [2.45, 2.75) is 34.6 Å². The third-order valence-electron chi connectivity index (χ3n) is 1.61. The van der Waals surface area contributed by atoms with Crippen LogP contribution in [0.25, 0.3) is 0 Å². The molecule has 3 heteroatoms. The summed E-state index contributed by atoms with van der Waals surface area (Å²) in [6.07, 6.45) is 0. The molecule has 0 aliphatic rings. The third kappa shape index (κ3) is 3.81. The molecule has 0 fully saturated rings. The van der Waals surface area contributed by atoms with Crippen LogP contribution < -0.4 is 0 Å². The molecule has 0 atom stereocenters. The van der Waals surface area contributed by atoms with E-state index in [1.165, 1.54) is 0 Å². The minimum atomic E-state index is -0.496. The lowest BCUT2D eigenvalue weighted by molar-refractivity contribution is -0.124. The molecule has 0 aromatic heterocycles. The molecule has 1 amide bonds. The number of carbonyl (C=O) groups excluding carboxylic acids is 2. The summed E-state index contributed by atoms with van der Waals surface area (Å²) in [5.41, 5.74) is 0.317. The lowest BCUT2D eigenvalue weighted by atomic mass is 9.96. The normalized spacial score (nSPS) is 12.2. The molecule has 0 N–H and O–H groups in total. The smallest absolute Gasteiger partial charge is 0.251 e. The van der Waals surface area contributed by atoms with Gasteiger partial charge in [0.1, 0.15) is 5.94 Å². The summed E-state index contributed by atoms with van der Waals surface area (Å²) in [5, 5.41) is 0. The zero-order valence-electron chi connectivity index (χ0n) is 8.76. The number of hydrogen-bond acceptors (Lipinski definition) is 2. The largest absolute Gasteiger partial charge is 0.272 e. The first-order valence-electron chi connectivity index (χ1n) is 4.11. The van der Waals surface area contributed by atoms with Crippen molar-refractivity contribution in [3.05, 3.63) is 5.57 Å². The summed E-state index contributed by atoms with van der Waals surface area (Å²) in [6, 6.07) is 0. The summed E-state index contributed by atoms with van der Waals surface area (Å²) in [6.45, 7) is 8.57. The van der Waals surface area contributed by atoms with Crippen LogP contribution in [-0.4, -0.2) is 17.6 Å². The fourth-order valence-electron chi connectivity index (χ4n) is 0.478. The second-order valence-electron chi connectivity index (χ2n) is 3.98. The summed E-state index contributed by atoms with van der Waals surface area (Å²) >= 11 is 0. The highest BCUT2D eigenvalue weighted by molar-refractivity contribution is 6.09. The number of allylic oxidation sites excluding steroid dienone is 1. The second-order valence-corrected chi connectivity index (χ2v) is 3.98. The first kappa shape index (κ1) is 11.8. The molecule has 72 valence electrons. The number of nitrogens with zero attached hydrogens (tertiary/aromatic N) is 1. The predicted molar refractivity (Wildman–Crippen MR) is 52.5 cm³/mol. The van der Waals surface area contributed by atoms with Crippen LogP contribution in [0.3, 0.4) is 0 Å². The van der Waals surface area contributed by atoms with Gasteiger partial charge in [0.25, 0.3) is 5.91 Å².